The van der Waals surface area contributed by atoms with Crippen molar-refractivity contribution in [2.75, 3.05) is 6.61 Å². The van der Waals surface area contributed by atoms with Gasteiger partial charge in [0.15, 0.2) is 6.61 Å². The molecule has 138 valence electrons. The minimum Gasteiger partial charge on any atom is -0.482 e. The van der Waals surface area contributed by atoms with E-state index in [1.807, 2.05) is 0 Å². The van der Waals surface area contributed by atoms with Gasteiger partial charge in [-0.15, -0.1) is 0 Å². The van der Waals surface area contributed by atoms with Crippen molar-refractivity contribution in [3.8, 4) is 5.75 Å². The zero-order valence-corrected chi connectivity index (χ0v) is 15.1. The molecular formula is C19H19ClFNO4. The van der Waals surface area contributed by atoms with Crippen molar-refractivity contribution in [2.24, 2.45) is 0 Å². The number of carboxylic acid groups (broad SMARTS) is 1. The van der Waals surface area contributed by atoms with E-state index in [1.165, 1.54) is 18.2 Å². The standard InChI is InChI=1S/C19H19ClFNO4/c1-19(2,15-7-6-13(20)9-16(15)21)18(25)22-10-12-4-3-5-14(8-12)26-11-17(23)24/h3-9H,10-11H2,1-2H3,(H,22,25)(H,23,24). The quantitative estimate of drug-likeness (QED) is 0.771. The number of amides is 1. The lowest BCUT2D eigenvalue weighted by Gasteiger charge is -2.25. The van der Waals surface area contributed by atoms with Gasteiger partial charge in [-0.3, -0.25) is 4.79 Å². The van der Waals surface area contributed by atoms with Crippen molar-refractivity contribution < 1.29 is 23.8 Å². The zero-order chi connectivity index (χ0) is 19.3. The highest BCUT2D eigenvalue weighted by atomic mass is 35.5. The van der Waals surface area contributed by atoms with E-state index in [0.717, 1.165) is 5.56 Å². The van der Waals surface area contributed by atoms with Gasteiger partial charge in [-0.2, -0.15) is 0 Å². The highest BCUT2D eigenvalue weighted by Crippen LogP contribution is 2.28. The van der Waals surface area contributed by atoms with Crippen LogP contribution in [0.15, 0.2) is 42.5 Å². The van der Waals surface area contributed by atoms with Crippen molar-refractivity contribution in [3.63, 3.8) is 0 Å². The Hall–Kier alpha value is -2.60. The highest BCUT2D eigenvalue weighted by Gasteiger charge is 2.32. The summed E-state index contributed by atoms with van der Waals surface area (Å²) in [5.74, 6) is -1.57. The van der Waals surface area contributed by atoms with Gasteiger partial charge in [-0.1, -0.05) is 29.8 Å². The Balaban J connectivity index is 2.05. The number of rotatable bonds is 7. The summed E-state index contributed by atoms with van der Waals surface area (Å²) in [4.78, 5) is 23.1. The van der Waals surface area contributed by atoms with Gasteiger partial charge in [0.25, 0.3) is 0 Å². The summed E-state index contributed by atoms with van der Waals surface area (Å²) in [6, 6.07) is 10.9. The first kappa shape index (κ1) is 19.7. The van der Waals surface area contributed by atoms with Crippen LogP contribution in [0.3, 0.4) is 0 Å². The molecule has 0 saturated carbocycles. The number of benzene rings is 2. The Morgan fingerprint density at radius 1 is 1.23 bits per heavy atom. The molecule has 26 heavy (non-hydrogen) atoms. The van der Waals surface area contributed by atoms with E-state index in [1.54, 1.807) is 38.1 Å². The average Bonchev–Trinajstić information content (AvgIpc) is 2.57. The first-order valence-electron chi connectivity index (χ1n) is 7.87. The van der Waals surface area contributed by atoms with Crippen molar-refractivity contribution in [2.45, 2.75) is 25.8 Å². The first-order chi connectivity index (χ1) is 12.2. The van der Waals surface area contributed by atoms with E-state index >= 15 is 0 Å². The van der Waals surface area contributed by atoms with E-state index in [4.69, 9.17) is 21.4 Å². The van der Waals surface area contributed by atoms with Crippen LogP contribution >= 0.6 is 11.6 Å². The van der Waals surface area contributed by atoms with Gasteiger partial charge in [-0.25, -0.2) is 9.18 Å². The summed E-state index contributed by atoms with van der Waals surface area (Å²) in [5.41, 5.74) is -0.113. The summed E-state index contributed by atoms with van der Waals surface area (Å²) in [7, 11) is 0. The molecule has 2 aromatic carbocycles. The fourth-order valence-electron chi connectivity index (χ4n) is 2.41. The lowest BCUT2D eigenvalue weighted by molar-refractivity contribution is -0.139. The second-order valence-corrected chi connectivity index (χ2v) is 6.70. The Morgan fingerprint density at radius 3 is 2.62 bits per heavy atom. The number of ether oxygens (including phenoxy) is 1. The number of hydrogen-bond donors (Lipinski definition) is 2. The second-order valence-electron chi connectivity index (χ2n) is 6.26. The minimum absolute atomic E-state index is 0.196. The van der Waals surface area contributed by atoms with Gasteiger partial charge < -0.3 is 15.2 Å². The smallest absolute Gasteiger partial charge is 0.341 e. The Bertz CT molecular complexity index is 823. The number of hydrogen-bond acceptors (Lipinski definition) is 3. The monoisotopic (exact) mass is 379 g/mol. The average molecular weight is 380 g/mol. The summed E-state index contributed by atoms with van der Waals surface area (Å²) < 4.78 is 19.2. The van der Waals surface area contributed by atoms with E-state index < -0.39 is 23.8 Å². The number of carbonyl (C=O) groups excluding carboxylic acids is 1. The molecule has 0 aliphatic carbocycles. The van der Waals surface area contributed by atoms with Crippen molar-refractivity contribution in [3.05, 3.63) is 64.4 Å². The molecule has 0 fully saturated rings. The maximum Gasteiger partial charge on any atom is 0.341 e. The molecule has 5 nitrogen and oxygen atoms in total. The number of halogens is 2. The fraction of sp³-hybridized carbons (Fsp3) is 0.263. The Labute approximate surface area is 155 Å². The van der Waals surface area contributed by atoms with Crippen molar-refractivity contribution in [1.29, 1.82) is 0 Å². The predicted octanol–water partition coefficient (Wildman–Crippen LogP) is 3.54. The topological polar surface area (TPSA) is 75.6 Å². The zero-order valence-electron chi connectivity index (χ0n) is 14.4. The second kappa shape index (κ2) is 8.19. The molecule has 0 saturated heterocycles. The summed E-state index contributed by atoms with van der Waals surface area (Å²) >= 11 is 5.76. The van der Waals surface area contributed by atoms with Crippen molar-refractivity contribution in [1.82, 2.24) is 5.32 Å². The summed E-state index contributed by atoms with van der Waals surface area (Å²) in [6.07, 6.45) is 0. The van der Waals surface area contributed by atoms with E-state index in [-0.39, 0.29) is 23.0 Å². The molecule has 2 aromatic rings. The number of carbonyl (C=O) groups is 2. The van der Waals surface area contributed by atoms with Crippen LogP contribution in [0.5, 0.6) is 5.75 Å². The molecule has 0 aromatic heterocycles. The van der Waals surface area contributed by atoms with Crippen LogP contribution < -0.4 is 10.1 Å². The molecule has 0 aliphatic rings. The van der Waals surface area contributed by atoms with Gasteiger partial charge in [-0.05, 0) is 43.7 Å². The normalized spacial score (nSPS) is 11.1. The molecule has 0 aliphatic heterocycles. The number of carboxylic acids is 1. The summed E-state index contributed by atoms with van der Waals surface area (Å²) in [6.45, 7) is 3.00. The van der Waals surface area contributed by atoms with Crippen LogP contribution in [0.4, 0.5) is 4.39 Å². The maximum atomic E-state index is 14.1. The SMILES string of the molecule is CC(C)(C(=O)NCc1cccc(OCC(=O)O)c1)c1ccc(Cl)cc1F. The number of nitrogens with one attached hydrogen (secondary N) is 1. The third kappa shape index (κ3) is 4.95. The van der Waals surface area contributed by atoms with Gasteiger partial charge in [0, 0.05) is 17.1 Å². The van der Waals surface area contributed by atoms with Crippen LogP contribution in [0, 0.1) is 5.82 Å². The molecule has 2 N–H and O–H groups in total. The van der Waals surface area contributed by atoms with E-state index in [0.29, 0.717) is 5.75 Å². The van der Waals surface area contributed by atoms with Crippen LogP contribution in [0.2, 0.25) is 5.02 Å². The molecule has 0 bridgehead atoms. The van der Waals surface area contributed by atoms with Crippen LogP contribution in [0.25, 0.3) is 0 Å². The third-order valence-electron chi connectivity index (χ3n) is 3.89. The molecule has 0 radical (unpaired) electrons. The fourth-order valence-corrected chi connectivity index (χ4v) is 2.57. The molecule has 0 atom stereocenters. The molecule has 0 unspecified atom stereocenters. The van der Waals surface area contributed by atoms with Crippen LogP contribution in [0.1, 0.15) is 25.0 Å². The van der Waals surface area contributed by atoms with Crippen LogP contribution in [-0.4, -0.2) is 23.6 Å². The van der Waals surface area contributed by atoms with Crippen molar-refractivity contribution >= 4 is 23.5 Å². The van der Waals surface area contributed by atoms with Gasteiger partial charge in [0.2, 0.25) is 5.91 Å². The molecule has 0 spiro atoms. The molecule has 0 heterocycles. The van der Waals surface area contributed by atoms with Gasteiger partial charge in [0.05, 0.1) is 5.41 Å². The molecular weight excluding hydrogens is 361 g/mol. The lowest BCUT2D eigenvalue weighted by atomic mass is 9.83. The van der Waals surface area contributed by atoms with E-state index in [9.17, 15) is 14.0 Å². The Morgan fingerprint density at radius 2 is 1.96 bits per heavy atom. The molecule has 1 amide bonds. The largest absolute Gasteiger partial charge is 0.482 e. The van der Waals surface area contributed by atoms with E-state index in [2.05, 4.69) is 5.32 Å². The molecule has 7 heteroatoms. The summed E-state index contributed by atoms with van der Waals surface area (Å²) in [5, 5.41) is 11.7. The minimum atomic E-state index is -1.09. The number of aliphatic carboxylic acids is 1. The Kier molecular flexibility index (Phi) is 6.21. The van der Waals surface area contributed by atoms with Crippen LogP contribution in [-0.2, 0) is 21.5 Å². The predicted molar refractivity (Wildman–Crippen MR) is 95.9 cm³/mol. The van der Waals surface area contributed by atoms with Gasteiger partial charge in [0.1, 0.15) is 11.6 Å². The molecule has 2 rings (SSSR count). The highest BCUT2D eigenvalue weighted by molar-refractivity contribution is 6.30. The van der Waals surface area contributed by atoms with Gasteiger partial charge >= 0.3 is 5.97 Å². The first-order valence-corrected chi connectivity index (χ1v) is 8.25. The maximum absolute atomic E-state index is 14.1. The lowest BCUT2D eigenvalue weighted by Crippen LogP contribution is -2.40. The third-order valence-corrected chi connectivity index (χ3v) is 4.12.